The van der Waals surface area contributed by atoms with Crippen LogP contribution in [0.5, 0.6) is 0 Å². The number of carboxylic acids is 1. The monoisotopic (exact) mass is 284 g/mol. The molecule has 3 atom stereocenters. The van der Waals surface area contributed by atoms with Gasteiger partial charge in [0.05, 0.1) is 11.6 Å². The van der Waals surface area contributed by atoms with Gasteiger partial charge in [-0.2, -0.15) is 5.26 Å². The van der Waals surface area contributed by atoms with E-state index in [0.29, 0.717) is 23.9 Å². The fourth-order valence-electron chi connectivity index (χ4n) is 4.06. The summed E-state index contributed by atoms with van der Waals surface area (Å²) in [4.78, 5) is 13.8. The van der Waals surface area contributed by atoms with E-state index in [9.17, 15) is 9.90 Å². The molecule has 1 aromatic carbocycles. The number of fused-ring (bicyclic) bond motifs is 1. The Morgan fingerprint density at radius 3 is 2.95 bits per heavy atom. The second-order valence-corrected chi connectivity index (χ2v) is 6.32. The first-order valence-electron chi connectivity index (χ1n) is 7.56. The van der Waals surface area contributed by atoms with Gasteiger partial charge in [0.1, 0.15) is 6.04 Å². The Morgan fingerprint density at radius 2 is 2.29 bits per heavy atom. The van der Waals surface area contributed by atoms with Crippen LogP contribution in [0.15, 0.2) is 18.2 Å². The Balaban J connectivity index is 1.81. The van der Waals surface area contributed by atoms with Crippen LogP contribution < -0.4 is 0 Å². The maximum Gasteiger partial charge on any atom is 0.321 e. The molecule has 0 amide bonds. The minimum atomic E-state index is -0.685. The number of nitrogens with zero attached hydrogens (tertiary/aromatic N) is 2. The highest BCUT2D eigenvalue weighted by Gasteiger charge is 2.47. The maximum atomic E-state index is 11.6. The van der Waals surface area contributed by atoms with E-state index in [2.05, 4.69) is 11.0 Å². The molecule has 1 saturated carbocycles. The smallest absolute Gasteiger partial charge is 0.321 e. The molecule has 1 aromatic rings. The third-order valence-electron chi connectivity index (χ3n) is 5.08. The summed E-state index contributed by atoms with van der Waals surface area (Å²) in [5.74, 6) is 0.182. The molecule has 1 aliphatic heterocycles. The van der Waals surface area contributed by atoms with Gasteiger partial charge in [-0.1, -0.05) is 12.5 Å². The molecule has 1 N–H and O–H groups in total. The molecule has 4 nitrogen and oxygen atoms in total. The van der Waals surface area contributed by atoms with Crippen molar-refractivity contribution in [1.82, 2.24) is 4.90 Å². The molecule has 3 rings (SSSR count). The van der Waals surface area contributed by atoms with Crippen molar-refractivity contribution in [3.8, 4) is 6.07 Å². The molecule has 1 heterocycles. The number of hydrogen-bond acceptors (Lipinski definition) is 3. The van der Waals surface area contributed by atoms with Crippen molar-refractivity contribution in [2.24, 2.45) is 11.8 Å². The molecule has 21 heavy (non-hydrogen) atoms. The van der Waals surface area contributed by atoms with Crippen LogP contribution in [-0.4, -0.2) is 28.6 Å². The van der Waals surface area contributed by atoms with Crippen LogP contribution in [0.1, 0.15) is 36.0 Å². The third kappa shape index (κ3) is 2.54. The lowest BCUT2D eigenvalue weighted by Gasteiger charge is -2.25. The van der Waals surface area contributed by atoms with Crippen molar-refractivity contribution in [3.63, 3.8) is 0 Å². The molecule has 2 fully saturated rings. The number of aryl methyl sites for hydroxylation is 1. The van der Waals surface area contributed by atoms with E-state index in [0.717, 1.165) is 30.5 Å². The van der Waals surface area contributed by atoms with E-state index in [1.54, 1.807) is 0 Å². The van der Waals surface area contributed by atoms with Crippen LogP contribution in [0.4, 0.5) is 0 Å². The predicted octanol–water partition coefficient (Wildman–Crippen LogP) is 2.55. The summed E-state index contributed by atoms with van der Waals surface area (Å²) in [5.41, 5.74) is 2.85. The van der Waals surface area contributed by atoms with Crippen LogP contribution in [0.3, 0.4) is 0 Å². The summed E-state index contributed by atoms with van der Waals surface area (Å²) in [6, 6.07) is 7.45. The molecule has 0 radical (unpaired) electrons. The van der Waals surface area contributed by atoms with Gasteiger partial charge in [0.25, 0.3) is 0 Å². The Bertz CT molecular complexity index is 605. The van der Waals surface area contributed by atoms with E-state index >= 15 is 0 Å². The van der Waals surface area contributed by atoms with Gasteiger partial charge < -0.3 is 5.11 Å². The van der Waals surface area contributed by atoms with Crippen molar-refractivity contribution in [2.45, 2.75) is 38.8 Å². The van der Waals surface area contributed by atoms with Crippen LogP contribution in [0.2, 0.25) is 0 Å². The third-order valence-corrected chi connectivity index (χ3v) is 5.08. The van der Waals surface area contributed by atoms with Gasteiger partial charge in [0.15, 0.2) is 0 Å². The Morgan fingerprint density at radius 1 is 1.48 bits per heavy atom. The molecule has 0 aromatic heterocycles. The Kier molecular flexibility index (Phi) is 3.69. The largest absolute Gasteiger partial charge is 0.480 e. The average molecular weight is 284 g/mol. The molecule has 4 heteroatoms. The first-order chi connectivity index (χ1) is 10.1. The summed E-state index contributed by atoms with van der Waals surface area (Å²) >= 11 is 0. The van der Waals surface area contributed by atoms with Crippen LogP contribution >= 0.6 is 0 Å². The van der Waals surface area contributed by atoms with Gasteiger partial charge in [-0.05, 0) is 54.9 Å². The lowest BCUT2D eigenvalue weighted by Crippen LogP contribution is -2.39. The zero-order chi connectivity index (χ0) is 15.0. The van der Waals surface area contributed by atoms with E-state index < -0.39 is 5.97 Å². The Labute approximate surface area is 125 Å². The fraction of sp³-hybridized carbons (Fsp3) is 0.529. The standard InChI is InChI=1S/C17H20N2O2/c1-11-7-12(8-18)5-6-13(11)9-19-10-14-3-2-4-15(14)16(19)17(20)21/h5-7,14-16H,2-4,9-10H2,1H3,(H,20,21). The zero-order valence-electron chi connectivity index (χ0n) is 12.2. The average Bonchev–Trinajstić information content (AvgIpc) is 3.00. The number of likely N-dealkylation sites (tertiary alicyclic amines) is 1. The summed E-state index contributed by atoms with van der Waals surface area (Å²) in [6.45, 7) is 3.55. The summed E-state index contributed by atoms with van der Waals surface area (Å²) in [5, 5.41) is 18.5. The first kappa shape index (κ1) is 14.1. The van der Waals surface area contributed by atoms with Crippen molar-refractivity contribution >= 4 is 5.97 Å². The van der Waals surface area contributed by atoms with Gasteiger partial charge in [-0.3, -0.25) is 9.69 Å². The number of nitriles is 1. The Hall–Kier alpha value is -1.86. The highest BCUT2D eigenvalue weighted by Crippen LogP contribution is 2.42. The van der Waals surface area contributed by atoms with Gasteiger partial charge in [-0.15, -0.1) is 0 Å². The number of benzene rings is 1. The lowest BCUT2D eigenvalue weighted by molar-refractivity contribution is -0.143. The number of carboxylic acid groups (broad SMARTS) is 1. The summed E-state index contributed by atoms with van der Waals surface area (Å²) in [7, 11) is 0. The second kappa shape index (κ2) is 5.50. The lowest BCUT2D eigenvalue weighted by atomic mass is 9.94. The SMILES string of the molecule is Cc1cc(C#N)ccc1CN1CC2CCCC2C1C(=O)O. The van der Waals surface area contributed by atoms with Gasteiger partial charge in [0.2, 0.25) is 0 Å². The quantitative estimate of drug-likeness (QED) is 0.926. The van der Waals surface area contributed by atoms with Crippen molar-refractivity contribution in [2.75, 3.05) is 6.54 Å². The second-order valence-electron chi connectivity index (χ2n) is 6.32. The number of aliphatic carboxylic acids is 1. The van der Waals surface area contributed by atoms with Crippen LogP contribution in [-0.2, 0) is 11.3 Å². The van der Waals surface area contributed by atoms with Crippen LogP contribution in [0.25, 0.3) is 0 Å². The first-order valence-corrected chi connectivity index (χ1v) is 7.56. The van der Waals surface area contributed by atoms with E-state index in [4.69, 9.17) is 5.26 Å². The topological polar surface area (TPSA) is 64.3 Å². The molecule has 1 aliphatic carbocycles. The van der Waals surface area contributed by atoms with E-state index in [1.165, 1.54) is 6.42 Å². The minimum absolute atomic E-state index is 0.321. The number of rotatable bonds is 3. The van der Waals surface area contributed by atoms with Gasteiger partial charge in [0, 0.05) is 13.1 Å². The van der Waals surface area contributed by atoms with Crippen molar-refractivity contribution in [3.05, 3.63) is 34.9 Å². The van der Waals surface area contributed by atoms with E-state index in [1.807, 2.05) is 25.1 Å². The molecule has 110 valence electrons. The predicted molar refractivity (Wildman–Crippen MR) is 78.6 cm³/mol. The molecular weight excluding hydrogens is 264 g/mol. The van der Waals surface area contributed by atoms with Gasteiger partial charge in [-0.25, -0.2) is 0 Å². The molecule has 2 aliphatic rings. The van der Waals surface area contributed by atoms with Crippen molar-refractivity contribution < 1.29 is 9.90 Å². The number of hydrogen-bond donors (Lipinski definition) is 1. The molecule has 3 unspecified atom stereocenters. The van der Waals surface area contributed by atoms with Crippen LogP contribution in [0, 0.1) is 30.1 Å². The molecule has 1 saturated heterocycles. The normalized spacial score (nSPS) is 28.3. The highest BCUT2D eigenvalue weighted by atomic mass is 16.4. The zero-order valence-corrected chi connectivity index (χ0v) is 12.2. The minimum Gasteiger partial charge on any atom is -0.480 e. The highest BCUT2D eigenvalue weighted by molar-refractivity contribution is 5.74. The summed E-state index contributed by atoms with van der Waals surface area (Å²) in [6.07, 6.45) is 3.38. The van der Waals surface area contributed by atoms with E-state index in [-0.39, 0.29) is 6.04 Å². The van der Waals surface area contributed by atoms with Gasteiger partial charge >= 0.3 is 5.97 Å². The molecular formula is C17H20N2O2. The number of carbonyl (C=O) groups is 1. The fourth-order valence-corrected chi connectivity index (χ4v) is 4.06. The van der Waals surface area contributed by atoms with Crippen molar-refractivity contribution in [1.29, 1.82) is 5.26 Å². The maximum absolute atomic E-state index is 11.6. The molecule has 0 spiro atoms. The summed E-state index contributed by atoms with van der Waals surface area (Å²) < 4.78 is 0. The molecule has 0 bridgehead atoms.